The van der Waals surface area contributed by atoms with E-state index in [1.54, 1.807) is 0 Å². The van der Waals surface area contributed by atoms with Gasteiger partial charge in [-0.05, 0) is 26.2 Å². The average Bonchev–Trinajstić information content (AvgIpc) is 2.30. The van der Waals surface area contributed by atoms with Gasteiger partial charge in [0.25, 0.3) is 0 Å². The fraction of sp³-hybridized carbons (Fsp3) is 0.800. The van der Waals surface area contributed by atoms with E-state index in [0.717, 1.165) is 44.1 Å². The molecule has 0 aliphatic carbocycles. The molecule has 0 unspecified atom stereocenters. The zero-order chi connectivity index (χ0) is 13.3. The summed E-state index contributed by atoms with van der Waals surface area (Å²) in [5.74, 6) is 0.528. The molecule has 0 heterocycles. The molecule has 0 rings (SSSR count). The van der Waals surface area contributed by atoms with Crippen molar-refractivity contribution in [1.82, 2.24) is 0 Å². The van der Waals surface area contributed by atoms with Crippen LogP contribution in [-0.2, 0) is 4.79 Å². The highest BCUT2D eigenvalue weighted by Crippen LogP contribution is 2.17. The first-order chi connectivity index (χ1) is 7.99. The van der Waals surface area contributed by atoms with Crippen LogP contribution in [0.1, 0.15) is 65.7 Å². The van der Waals surface area contributed by atoms with Gasteiger partial charge in [0, 0.05) is 18.8 Å². The van der Waals surface area contributed by atoms with Gasteiger partial charge in [-0.15, -0.1) is 0 Å². The maximum atomic E-state index is 11.4. The van der Waals surface area contributed by atoms with Crippen LogP contribution in [0, 0.1) is 5.92 Å². The molecular weight excluding hydrogens is 212 g/mol. The summed E-state index contributed by atoms with van der Waals surface area (Å²) in [6.45, 7) is 9.90. The Labute approximate surface area is 106 Å². The lowest BCUT2D eigenvalue weighted by Gasteiger charge is -2.18. The number of unbranched alkanes of at least 4 members (excludes halogenated alkanes) is 2. The highest BCUT2D eigenvalue weighted by atomic mass is 16.3. The summed E-state index contributed by atoms with van der Waals surface area (Å²) in [6, 6.07) is 0. The van der Waals surface area contributed by atoms with Gasteiger partial charge >= 0.3 is 0 Å². The largest absolute Gasteiger partial charge is 0.393 e. The highest BCUT2D eigenvalue weighted by molar-refractivity contribution is 5.78. The van der Waals surface area contributed by atoms with E-state index >= 15 is 0 Å². The van der Waals surface area contributed by atoms with Crippen molar-refractivity contribution in [3.63, 3.8) is 0 Å². The first kappa shape index (κ1) is 16.4. The molecule has 0 aromatic heterocycles. The molecule has 0 aromatic carbocycles. The van der Waals surface area contributed by atoms with Crippen molar-refractivity contribution in [2.24, 2.45) is 5.92 Å². The van der Waals surface area contributed by atoms with E-state index in [4.69, 9.17) is 0 Å². The van der Waals surface area contributed by atoms with E-state index in [1.165, 1.54) is 0 Å². The molecule has 17 heavy (non-hydrogen) atoms. The molecule has 0 aromatic rings. The summed E-state index contributed by atoms with van der Waals surface area (Å²) < 4.78 is 0. The molecule has 0 bridgehead atoms. The van der Waals surface area contributed by atoms with E-state index in [0.29, 0.717) is 12.2 Å². The summed E-state index contributed by atoms with van der Waals surface area (Å²) in [5.41, 5.74) is 1.02. The molecule has 0 aliphatic heterocycles. The van der Waals surface area contributed by atoms with Gasteiger partial charge in [0.05, 0.1) is 6.10 Å². The Hall–Kier alpha value is -0.630. The minimum atomic E-state index is -0.307. The minimum Gasteiger partial charge on any atom is -0.393 e. The zero-order valence-electron chi connectivity index (χ0n) is 11.7. The summed E-state index contributed by atoms with van der Waals surface area (Å²) in [4.78, 5) is 11.4. The van der Waals surface area contributed by atoms with Gasteiger partial charge in [0.1, 0.15) is 5.78 Å². The third-order valence-corrected chi connectivity index (χ3v) is 3.37. The number of hydrogen-bond donors (Lipinski definition) is 1. The van der Waals surface area contributed by atoms with Crippen LogP contribution < -0.4 is 0 Å². The summed E-state index contributed by atoms with van der Waals surface area (Å²) in [7, 11) is 0. The van der Waals surface area contributed by atoms with Crippen LogP contribution in [0.25, 0.3) is 0 Å². The van der Waals surface area contributed by atoms with E-state index < -0.39 is 0 Å². The monoisotopic (exact) mass is 240 g/mol. The summed E-state index contributed by atoms with van der Waals surface area (Å²) >= 11 is 0. The predicted octanol–water partition coefficient (Wildman–Crippen LogP) is 3.88. The molecule has 0 fully saturated rings. The maximum Gasteiger partial charge on any atom is 0.132 e. The Morgan fingerprint density at radius 3 is 2.35 bits per heavy atom. The van der Waals surface area contributed by atoms with Gasteiger partial charge in [-0.25, -0.2) is 0 Å². The number of carbonyl (C=O) groups is 1. The molecule has 2 heteroatoms. The zero-order valence-corrected chi connectivity index (χ0v) is 11.7. The molecule has 0 amide bonds. The molecule has 0 saturated heterocycles. The van der Waals surface area contributed by atoms with Gasteiger partial charge in [0.2, 0.25) is 0 Å². The SMILES string of the molecule is C=C(C)[C@H](C)[C@@H](O)CCCCC(=O)CCCC. The number of hydrogen-bond acceptors (Lipinski definition) is 2. The second kappa shape index (κ2) is 9.41. The Balaban J connectivity index is 3.57. The van der Waals surface area contributed by atoms with Gasteiger partial charge in [-0.3, -0.25) is 4.79 Å². The van der Waals surface area contributed by atoms with Gasteiger partial charge in [-0.1, -0.05) is 38.8 Å². The minimum absolute atomic E-state index is 0.158. The third-order valence-electron chi connectivity index (χ3n) is 3.37. The lowest BCUT2D eigenvalue weighted by atomic mass is 9.93. The summed E-state index contributed by atoms with van der Waals surface area (Å²) in [5, 5.41) is 9.85. The van der Waals surface area contributed by atoms with Crippen LogP contribution in [0.2, 0.25) is 0 Å². The molecule has 2 atom stereocenters. The van der Waals surface area contributed by atoms with Crippen LogP contribution in [0.4, 0.5) is 0 Å². The van der Waals surface area contributed by atoms with Gasteiger partial charge < -0.3 is 5.11 Å². The van der Waals surface area contributed by atoms with Crippen LogP contribution in [0.5, 0.6) is 0 Å². The van der Waals surface area contributed by atoms with E-state index in [2.05, 4.69) is 13.5 Å². The van der Waals surface area contributed by atoms with Gasteiger partial charge in [0.15, 0.2) is 0 Å². The maximum absolute atomic E-state index is 11.4. The molecule has 2 nitrogen and oxygen atoms in total. The van der Waals surface area contributed by atoms with E-state index in [-0.39, 0.29) is 12.0 Å². The van der Waals surface area contributed by atoms with Crippen molar-refractivity contribution >= 4 is 5.78 Å². The number of aliphatic hydroxyl groups excluding tert-OH is 1. The van der Waals surface area contributed by atoms with Crippen molar-refractivity contribution in [2.75, 3.05) is 0 Å². The fourth-order valence-electron chi connectivity index (χ4n) is 1.75. The summed E-state index contributed by atoms with van der Waals surface area (Å²) in [6.07, 6.45) is 5.79. The molecule has 0 saturated carbocycles. The Bertz CT molecular complexity index is 233. The number of Topliss-reactive ketones (excluding diaryl/α,β-unsaturated/α-hetero) is 1. The van der Waals surface area contributed by atoms with Crippen molar-refractivity contribution in [3.05, 3.63) is 12.2 Å². The Morgan fingerprint density at radius 1 is 1.24 bits per heavy atom. The van der Waals surface area contributed by atoms with E-state index in [1.807, 2.05) is 13.8 Å². The smallest absolute Gasteiger partial charge is 0.132 e. The molecular formula is C15H28O2. The first-order valence-corrected chi connectivity index (χ1v) is 6.84. The molecule has 0 spiro atoms. The Kier molecular flexibility index (Phi) is 9.06. The quantitative estimate of drug-likeness (QED) is 0.465. The second-order valence-electron chi connectivity index (χ2n) is 5.09. The van der Waals surface area contributed by atoms with Crippen molar-refractivity contribution < 1.29 is 9.90 Å². The predicted molar refractivity (Wildman–Crippen MR) is 73.0 cm³/mol. The van der Waals surface area contributed by atoms with Crippen LogP contribution >= 0.6 is 0 Å². The number of rotatable bonds is 10. The molecule has 0 radical (unpaired) electrons. The number of carbonyl (C=O) groups excluding carboxylic acids is 1. The number of aliphatic hydroxyl groups is 1. The Morgan fingerprint density at radius 2 is 1.82 bits per heavy atom. The lowest BCUT2D eigenvalue weighted by molar-refractivity contribution is -0.119. The second-order valence-corrected chi connectivity index (χ2v) is 5.09. The fourth-order valence-corrected chi connectivity index (χ4v) is 1.75. The first-order valence-electron chi connectivity index (χ1n) is 6.84. The highest BCUT2D eigenvalue weighted by Gasteiger charge is 2.14. The lowest BCUT2D eigenvalue weighted by Crippen LogP contribution is -2.18. The van der Waals surface area contributed by atoms with Crippen LogP contribution in [0.3, 0.4) is 0 Å². The van der Waals surface area contributed by atoms with Crippen LogP contribution in [-0.4, -0.2) is 17.0 Å². The van der Waals surface area contributed by atoms with Crippen molar-refractivity contribution in [3.8, 4) is 0 Å². The van der Waals surface area contributed by atoms with E-state index in [9.17, 15) is 9.90 Å². The molecule has 100 valence electrons. The topological polar surface area (TPSA) is 37.3 Å². The normalized spacial score (nSPS) is 14.4. The van der Waals surface area contributed by atoms with Crippen LogP contribution in [0.15, 0.2) is 12.2 Å². The van der Waals surface area contributed by atoms with Crippen molar-refractivity contribution in [1.29, 1.82) is 0 Å². The van der Waals surface area contributed by atoms with Gasteiger partial charge in [-0.2, -0.15) is 0 Å². The average molecular weight is 240 g/mol. The molecule has 1 N–H and O–H groups in total. The standard InChI is InChI=1S/C15H28O2/c1-5-6-9-14(16)10-7-8-11-15(17)13(4)12(2)3/h13,15,17H,2,5-11H2,1,3-4H3/t13-,15-/m0/s1. The number of ketones is 1. The van der Waals surface area contributed by atoms with Crippen molar-refractivity contribution in [2.45, 2.75) is 71.8 Å². The molecule has 0 aliphatic rings. The third kappa shape index (κ3) is 8.14.